The number of carbonyl (C=O) groups is 1. The number of rotatable bonds is 6. The van der Waals surface area contributed by atoms with Gasteiger partial charge in [0.1, 0.15) is 0 Å². The number of benzene rings is 3. The van der Waals surface area contributed by atoms with Crippen LogP contribution in [-0.4, -0.2) is 36.4 Å². The number of aryl methyl sites for hydroxylation is 1. The summed E-state index contributed by atoms with van der Waals surface area (Å²) in [6, 6.07) is 21.6. The molecule has 32 heavy (non-hydrogen) atoms. The number of nitrogens with zero attached hydrogens (tertiary/aromatic N) is 5. The van der Waals surface area contributed by atoms with Gasteiger partial charge in [0, 0.05) is 39.1 Å². The first kappa shape index (κ1) is 20.5. The van der Waals surface area contributed by atoms with E-state index in [0.717, 1.165) is 28.8 Å². The number of halogens is 1. The van der Waals surface area contributed by atoms with Gasteiger partial charge in [-0.15, -0.1) is 5.10 Å². The zero-order valence-corrected chi connectivity index (χ0v) is 18.8. The molecule has 0 aliphatic rings. The molecule has 0 radical (unpaired) electrons. The summed E-state index contributed by atoms with van der Waals surface area (Å²) in [7, 11) is 0. The van der Waals surface area contributed by atoms with Gasteiger partial charge in [0.05, 0.1) is 11.4 Å². The van der Waals surface area contributed by atoms with Gasteiger partial charge >= 0.3 is 0 Å². The first-order valence-corrected chi connectivity index (χ1v) is 11.5. The highest BCUT2D eigenvalue weighted by Crippen LogP contribution is 2.31. The summed E-state index contributed by atoms with van der Waals surface area (Å²) in [6.45, 7) is 3.02. The molecule has 0 aliphatic heterocycles. The molecular formula is C23H19ClN6OS. The van der Waals surface area contributed by atoms with Crippen molar-refractivity contribution in [3.05, 3.63) is 71.8 Å². The van der Waals surface area contributed by atoms with Crippen molar-refractivity contribution < 1.29 is 4.79 Å². The summed E-state index contributed by atoms with van der Waals surface area (Å²) in [4.78, 5) is 12.6. The number of carbonyl (C=O) groups excluding carboxylic acids is 1. The number of aromatic nitrogens is 5. The van der Waals surface area contributed by atoms with E-state index in [1.807, 2.05) is 36.4 Å². The average Bonchev–Trinajstić information content (AvgIpc) is 3.40. The van der Waals surface area contributed by atoms with Crippen molar-refractivity contribution in [2.45, 2.75) is 18.6 Å². The molecule has 3 aromatic carbocycles. The molecule has 0 saturated carbocycles. The number of amides is 1. The Balaban J connectivity index is 1.33. The minimum Gasteiger partial charge on any atom is -0.341 e. The van der Waals surface area contributed by atoms with Gasteiger partial charge in [0.25, 0.3) is 0 Å². The third-order valence-corrected chi connectivity index (χ3v) is 6.35. The summed E-state index contributed by atoms with van der Waals surface area (Å²) in [5.41, 5.74) is 3.85. The maximum absolute atomic E-state index is 12.6. The van der Waals surface area contributed by atoms with E-state index in [0.29, 0.717) is 10.2 Å². The average molecular weight is 463 g/mol. The number of nitrogens with one attached hydrogen (secondary N) is 1. The highest BCUT2D eigenvalue weighted by atomic mass is 35.5. The first-order valence-electron chi connectivity index (χ1n) is 10.1. The van der Waals surface area contributed by atoms with Crippen LogP contribution in [0.4, 0.5) is 5.69 Å². The molecule has 160 valence electrons. The van der Waals surface area contributed by atoms with E-state index in [4.69, 9.17) is 11.6 Å². The molecule has 0 aliphatic carbocycles. The van der Waals surface area contributed by atoms with E-state index in [-0.39, 0.29) is 11.7 Å². The molecule has 0 saturated heterocycles. The lowest BCUT2D eigenvalue weighted by Crippen LogP contribution is -2.14. The molecule has 1 N–H and O–H groups in total. The van der Waals surface area contributed by atoms with Crippen molar-refractivity contribution in [3.8, 4) is 5.69 Å². The maximum atomic E-state index is 12.6. The lowest BCUT2D eigenvalue weighted by atomic mass is 10.1. The molecule has 5 aromatic rings. The molecule has 0 spiro atoms. The summed E-state index contributed by atoms with van der Waals surface area (Å²) in [5, 5.41) is 18.2. The van der Waals surface area contributed by atoms with Gasteiger partial charge in [0.15, 0.2) is 0 Å². The van der Waals surface area contributed by atoms with E-state index in [1.165, 1.54) is 22.7 Å². The minimum absolute atomic E-state index is 0.130. The molecule has 9 heteroatoms. The van der Waals surface area contributed by atoms with E-state index < -0.39 is 0 Å². The summed E-state index contributed by atoms with van der Waals surface area (Å²) in [5.74, 6) is 0.0459. The SMILES string of the molecule is CCn1c2ccccc2c2cc(NC(=O)CSc3nnnn3-c3cccc(Cl)c3)ccc21. The van der Waals surface area contributed by atoms with Crippen LogP contribution < -0.4 is 5.32 Å². The fraction of sp³-hybridized carbons (Fsp3) is 0.130. The van der Waals surface area contributed by atoms with Crippen molar-refractivity contribution in [3.63, 3.8) is 0 Å². The Hall–Kier alpha value is -3.36. The topological polar surface area (TPSA) is 77.6 Å². The second-order valence-electron chi connectivity index (χ2n) is 7.18. The first-order chi connectivity index (χ1) is 15.6. The van der Waals surface area contributed by atoms with Crippen molar-refractivity contribution >= 4 is 56.8 Å². The predicted molar refractivity (Wildman–Crippen MR) is 129 cm³/mol. The predicted octanol–water partition coefficient (Wildman–Crippen LogP) is 5.17. The molecule has 0 unspecified atom stereocenters. The van der Waals surface area contributed by atoms with Gasteiger partial charge in [-0.3, -0.25) is 4.79 Å². The van der Waals surface area contributed by atoms with Gasteiger partial charge in [-0.25, -0.2) is 0 Å². The zero-order valence-electron chi connectivity index (χ0n) is 17.2. The number of tetrazole rings is 1. The zero-order chi connectivity index (χ0) is 22.1. The maximum Gasteiger partial charge on any atom is 0.234 e. The molecule has 2 aromatic heterocycles. The standard InChI is InChI=1S/C23H19ClN6OS/c1-2-29-20-9-4-3-8-18(20)19-13-16(10-11-21(19)29)25-22(31)14-32-23-26-27-28-30(23)17-7-5-6-15(24)12-17/h3-13H,2,14H2,1H3,(H,25,31). The van der Waals surface area contributed by atoms with E-state index in [9.17, 15) is 4.79 Å². The van der Waals surface area contributed by atoms with Gasteiger partial charge in [0.2, 0.25) is 11.1 Å². The Bertz CT molecular complexity index is 1440. The van der Waals surface area contributed by atoms with Crippen LogP contribution in [0.5, 0.6) is 0 Å². The molecule has 0 atom stereocenters. The Kier molecular flexibility index (Phi) is 5.55. The number of fused-ring (bicyclic) bond motifs is 3. The Morgan fingerprint density at radius 3 is 2.72 bits per heavy atom. The lowest BCUT2D eigenvalue weighted by Gasteiger charge is -2.07. The fourth-order valence-electron chi connectivity index (χ4n) is 3.84. The lowest BCUT2D eigenvalue weighted by molar-refractivity contribution is -0.113. The number of anilines is 1. The minimum atomic E-state index is -0.130. The molecule has 7 nitrogen and oxygen atoms in total. The van der Waals surface area contributed by atoms with Gasteiger partial charge in [-0.1, -0.05) is 47.6 Å². The van der Waals surface area contributed by atoms with Crippen LogP contribution in [-0.2, 0) is 11.3 Å². The summed E-state index contributed by atoms with van der Waals surface area (Å²) in [6.07, 6.45) is 0. The fourth-order valence-corrected chi connectivity index (χ4v) is 4.71. The van der Waals surface area contributed by atoms with Crippen LogP contribution in [0.25, 0.3) is 27.5 Å². The monoisotopic (exact) mass is 462 g/mol. The van der Waals surface area contributed by atoms with Crippen LogP contribution in [0.15, 0.2) is 71.9 Å². The highest BCUT2D eigenvalue weighted by molar-refractivity contribution is 7.99. The van der Waals surface area contributed by atoms with Crippen LogP contribution in [0.1, 0.15) is 6.92 Å². The molecule has 0 fully saturated rings. The van der Waals surface area contributed by atoms with Crippen molar-refractivity contribution in [1.82, 2.24) is 24.8 Å². The quantitative estimate of drug-likeness (QED) is 0.352. The van der Waals surface area contributed by atoms with E-state index in [1.54, 1.807) is 16.8 Å². The molecule has 5 rings (SSSR count). The van der Waals surface area contributed by atoms with Crippen LogP contribution in [0, 0.1) is 0 Å². The Morgan fingerprint density at radius 1 is 1.03 bits per heavy atom. The third-order valence-electron chi connectivity index (χ3n) is 5.20. The number of thioether (sulfide) groups is 1. The molecule has 2 heterocycles. The Labute approximate surface area is 193 Å². The largest absolute Gasteiger partial charge is 0.341 e. The molecular weight excluding hydrogens is 444 g/mol. The van der Waals surface area contributed by atoms with Gasteiger partial charge in [-0.05, 0) is 59.8 Å². The van der Waals surface area contributed by atoms with Crippen LogP contribution >= 0.6 is 23.4 Å². The molecule has 0 bridgehead atoms. The number of para-hydroxylation sites is 1. The number of hydrogen-bond acceptors (Lipinski definition) is 5. The molecule has 1 amide bonds. The van der Waals surface area contributed by atoms with Gasteiger partial charge < -0.3 is 9.88 Å². The number of hydrogen-bond donors (Lipinski definition) is 1. The second-order valence-corrected chi connectivity index (χ2v) is 8.56. The smallest absolute Gasteiger partial charge is 0.234 e. The summed E-state index contributed by atoms with van der Waals surface area (Å²) >= 11 is 7.33. The van der Waals surface area contributed by atoms with E-state index in [2.05, 4.69) is 50.5 Å². The van der Waals surface area contributed by atoms with Crippen molar-refractivity contribution in [2.24, 2.45) is 0 Å². The Morgan fingerprint density at radius 2 is 1.88 bits per heavy atom. The van der Waals surface area contributed by atoms with Crippen LogP contribution in [0.2, 0.25) is 5.02 Å². The third kappa shape index (κ3) is 3.83. The summed E-state index contributed by atoms with van der Waals surface area (Å²) < 4.78 is 3.84. The second kappa shape index (κ2) is 8.64. The van der Waals surface area contributed by atoms with Gasteiger partial charge in [-0.2, -0.15) is 4.68 Å². The van der Waals surface area contributed by atoms with Crippen LogP contribution in [0.3, 0.4) is 0 Å². The van der Waals surface area contributed by atoms with Crippen molar-refractivity contribution in [1.29, 1.82) is 0 Å². The van der Waals surface area contributed by atoms with E-state index >= 15 is 0 Å². The normalized spacial score (nSPS) is 11.3. The highest BCUT2D eigenvalue weighted by Gasteiger charge is 2.14. The van der Waals surface area contributed by atoms with Crippen molar-refractivity contribution in [2.75, 3.05) is 11.1 Å².